The van der Waals surface area contributed by atoms with Gasteiger partial charge in [0.15, 0.2) is 12.4 Å². The van der Waals surface area contributed by atoms with Gasteiger partial charge in [-0.05, 0) is 48.4 Å². The standard InChI is InChI=1S/C25H18Cl2O5/c1-15-21(30-14-23(28)31-13-16-5-3-2-4-6-16)10-9-19-24(29)22(32-25(15)19)11-17-7-8-18(26)12-20(17)27/h2-12H,13-14H2,1H3/b22-11-. The van der Waals surface area contributed by atoms with E-state index in [1.807, 2.05) is 30.3 Å². The molecule has 3 aromatic rings. The van der Waals surface area contributed by atoms with Crippen LogP contribution in [0.4, 0.5) is 0 Å². The molecule has 1 aliphatic rings. The van der Waals surface area contributed by atoms with E-state index in [4.69, 9.17) is 37.4 Å². The van der Waals surface area contributed by atoms with Gasteiger partial charge in [-0.3, -0.25) is 4.79 Å². The summed E-state index contributed by atoms with van der Waals surface area (Å²) in [6.45, 7) is 1.67. The highest BCUT2D eigenvalue weighted by Crippen LogP contribution is 2.39. The number of benzene rings is 3. The molecule has 0 saturated carbocycles. The molecule has 4 rings (SSSR count). The smallest absolute Gasteiger partial charge is 0.344 e. The minimum absolute atomic E-state index is 0.145. The molecule has 0 N–H and O–H groups in total. The number of allylic oxidation sites excluding steroid dienone is 1. The third-order valence-electron chi connectivity index (χ3n) is 4.87. The molecule has 162 valence electrons. The molecule has 0 unspecified atom stereocenters. The van der Waals surface area contributed by atoms with Gasteiger partial charge in [-0.2, -0.15) is 0 Å². The summed E-state index contributed by atoms with van der Waals surface area (Å²) in [6.07, 6.45) is 1.57. The molecule has 0 fully saturated rings. The number of esters is 1. The predicted molar refractivity (Wildman–Crippen MR) is 122 cm³/mol. The second-order valence-electron chi connectivity index (χ2n) is 7.11. The van der Waals surface area contributed by atoms with Crippen molar-refractivity contribution in [3.8, 4) is 11.5 Å². The molecule has 0 spiro atoms. The maximum atomic E-state index is 12.8. The van der Waals surface area contributed by atoms with E-state index in [-0.39, 0.29) is 24.8 Å². The molecule has 1 heterocycles. The number of ether oxygens (including phenoxy) is 3. The second-order valence-corrected chi connectivity index (χ2v) is 7.95. The zero-order valence-corrected chi connectivity index (χ0v) is 18.6. The Hall–Kier alpha value is -3.28. The summed E-state index contributed by atoms with van der Waals surface area (Å²) in [5, 5.41) is 0.908. The zero-order valence-electron chi connectivity index (χ0n) is 17.1. The third kappa shape index (κ3) is 4.79. The van der Waals surface area contributed by atoms with E-state index in [1.165, 1.54) is 0 Å². The number of rotatable bonds is 6. The third-order valence-corrected chi connectivity index (χ3v) is 5.44. The topological polar surface area (TPSA) is 61.8 Å². The zero-order chi connectivity index (χ0) is 22.7. The summed E-state index contributed by atoms with van der Waals surface area (Å²) >= 11 is 12.1. The second kappa shape index (κ2) is 9.47. The van der Waals surface area contributed by atoms with E-state index >= 15 is 0 Å². The van der Waals surface area contributed by atoms with Crippen molar-refractivity contribution in [1.29, 1.82) is 0 Å². The van der Waals surface area contributed by atoms with Crippen molar-refractivity contribution in [2.75, 3.05) is 6.61 Å². The van der Waals surface area contributed by atoms with Crippen LogP contribution in [0, 0.1) is 6.92 Å². The van der Waals surface area contributed by atoms with E-state index in [9.17, 15) is 9.59 Å². The van der Waals surface area contributed by atoms with Crippen LogP contribution < -0.4 is 9.47 Å². The van der Waals surface area contributed by atoms with Gasteiger partial charge in [0.1, 0.15) is 18.1 Å². The van der Waals surface area contributed by atoms with Gasteiger partial charge in [-0.1, -0.05) is 59.6 Å². The molecular formula is C25H18Cl2O5. The van der Waals surface area contributed by atoms with Crippen molar-refractivity contribution in [2.24, 2.45) is 0 Å². The highest BCUT2D eigenvalue weighted by molar-refractivity contribution is 6.35. The number of carbonyl (C=O) groups excluding carboxylic acids is 2. The monoisotopic (exact) mass is 468 g/mol. The fourth-order valence-corrected chi connectivity index (χ4v) is 3.66. The fourth-order valence-electron chi connectivity index (χ4n) is 3.20. The molecule has 7 heteroatoms. The van der Waals surface area contributed by atoms with Crippen LogP contribution in [0.5, 0.6) is 11.5 Å². The van der Waals surface area contributed by atoms with Gasteiger partial charge in [-0.15, -0.1) is 0 Å². The Kier molecular flexibility index (Phi) is 6.49. The Labute approximate surface area is 195 Å². The van der Waals surface area contributed by atoms with Crippen LogP contribution >= 0.6 is 23.2 Å². The molecule has 0 aliphatic carbocycles. The molecule has 0 radical (unpaired) electrons. The number of halogens is 2. The quantitative estimate of drug-likeness (QED) is 0.325. The van der Waals surface area contributed by atoms with Crippen LogP contribution in [0.1, 0.15) is 27.0 Å². The molecule has 0 bridgehead atoms. The molecule has 32 heavy (non-hydrogen) atoms. The van der Waals surface area contributed by atoms with E-state index in [1.54, 1.807) is 43.3 Å². The van der Waals surface area contributed by atoms with Crippen molar-refractivity contribution in [3.63, 3.8) is 0 Å². The SMILES string of the molecule is Cc1c(OCC(=O)OCc2ccccc2)ccc2c1O/C(=C\c1ccc(Cl)cc1Cl)C2=O. The van der Waals surface area contributed by atoms with E-state index in [2.05, 4.69) is 0 Å². The number of hydrogen-bond donors (Lipinski definition) is 0. The Morgan fingerprint density at radius 1 is 1.06 bits per heavy atom. The summed E-state index contributed by atoms with van der Waals surface area (Å²) in [5.74, 6) is 0.207. The predicted octanol–water partition coefficient (Wildman–Crippen LogP) is 6.04. The van der Waals surface area contributed by atoms with Gasteiger partial charge >= 0.3 is 5.97 Å². The number of fused-ring (bicyclic) bond motifs is 1. The Morgan fingerprint density at radius 2 is 1.84 bits per heavy atom. The van der Waals surface area contributed by atoms with Gasteiger partial charge in [0.05, 0.1) is 5.56 Å². The normalized spacial score (nSPS) is 13.6. The summed E-state index contributed by atoms with van der Waals surface area (Å²) in [6, 6.07) is 17.6. The Bertz CT molecular complexity index is 1220. The minimum atomic E-state index is -0.497. The minimum Gasteiger partial charge on any atom is -0.481 e. The molecule has 1 aliphatic heterocycles. The first-order valence-corrected chi connectivity index (χ1v) is 10.5. The molecule has 0 amide bonds. The summed E-state index contributed by atoms with van der Waals surface area (Å²) < 4.78 is 16.7. The van der Waals surface area contributed by atoms with Gasteiger partial charge in [0, 0.05) is 15.6 Å². The average molecular weight is 469 g/mol. The van der Waals surface area contributed by atoms with Crippen LogP contribution in [0.15, 0.2) is 66.4 Å². The first-order chi connectivity index (χ1) is 15.4. The number of Topliss-reactive ketones (excluding diaryl/α,β-unsaturated/α-hetero) is 1. The lowest BCUT2D eigenvalue weighted by atomic mass is 10.1. The van der Waals surface area contributed by atoms with Crippen molar-refractivity contribution in [2.45, 2.75) is 13.5 Å². The van der Waals surface area contributed by atoms with Gasteiger partial charge < -0.3 is 14.2 Å². The highest BCUT2D eigenvalue weighted by atomic mass is 35.5. The van der Waals surface area contributed by atoms with Gasteiger partial charge in [-0.25, -0.2) is 4.79 Å². The molecule has 0 atom stereocenters. The largest absolute Gasteiger partial charge is 0.481 e. The van der Waals surface area contributed by atoms with Crippen molar-refractivity contribution in [1.82, 2.24) is 0 Å². The highest BCUT2D eigenvalue weighted by Gasteiger charge is 2.30. The number of ketones is 1. The summed E-state index contributed by atoms with van der Waals surface area (Å²) in [4.78, 5) is 24.8. The van der Waals surface area contributed by atoms with Crippen LogP contribution in [0.2, 0.25) is 10.0 Å². The Balaban J connectivity index is 1.44. The molecule has 3 aromatic carbocycles. The lowest BCUT2D eigenvalue weighted by Crippen LogP contribution is -2.15. The van der Waals surface area contributed by atoms with Gasteiger partial charge in [0.2, 0.25) is 5.78 Å². The number of hydrogen-bond acceptors (Lipinski definition) is 5. The first kappa shape index (κ1) is 21.9. The summed E-state index contributed by atoms with van der Waals surface area (Å²) in [7, 11) is 0. The maximum absolute atomic E-state index is 12.8. The molecule has 0 aromatic heterocycles. The lowest BCUT2D eigenvalue weighted by Gasteiger charge is -2.11. The van der Waals surface area contributed by atoms with Crippen molar-refractivity contribution < 1.29 is 23.8 Å². The number of carbonyl (C=O) groups is 2. The average Bonchev–Trinajstić information content (AvgIpc) is 3.10. The molecule has 0 saturated heterocycles. The molecular weight excluding hydrogens is 451 g/mol. The van der Waals surface area contributed by atoms with Crippen molar-refractivity contribution in [3.05, 3.63) is 98.7 Å². The first-order valence-electron chi connectivity index (χ1n) is 9.77. The fraction of sp³-hybridized carbons (Fsp3) is 0.120. The van der Waals surface area contributed by atoms with Crippen LogP contribution in [0.25, 0.3) is 6.08 Å². The van der Waals surface area contributed by atoms with Crippen molar-refractivity contribution >= 4 is 41.0 Å². The van der Waals surface area contributed by atoms with Crippen LogP contribution in [-0.2, 0) is 16.1 Å². The van der Waals surface area contributed by atoms with E-state index in [0.29, 0.717) is 38.2 Å². The lowest BCUT2D eigenvalue weighted by molar-refractivity contribution is -0.147. The molecule has 5 nitrogen and oxygen atoms in total. The van der Waals surface area contributed by atoms with E-state index < -0.39 is 5.97 Å². The van der Waals surface area contributed by atoms with E-state index in [0.717, 1.165) is 5.56 Å². The van der Waals surface area contributed by atoms with Gasteiger partial charge in [0.25, 0.3) is 0 Å². The summed E-state index contributed by atoms with van der Waals surface area (Å²) in [5.41, 5.74) is 2.53. The Morgan fingerprint density at radius 3 is 2.59 bits per heavy atom. The van der Waals surface area contributed by atoms with Crippen LogP contribution in [-0.4, -0.2) is 18.4 Å². The van der Waals surface area contributed by atoms with Crippen LogP contribution in [0.3, 0.4) is 0 Å². The maximum Gasteiger partial charge on any atom is 0.344 e.